The molecule has 0 atom stereocenters. The van der Waals surface area contributed by atoms with Crippen LogP contribution in [-0.2, 0) is 0 Å². The Bertz CT molecular complexity index is 511. The van der Waals surface area contributed by atoms with Crippen molar-refractivity contribution in [2.45, 2.75) is 0 Å². The smallest absolute Gasteiger partial charge is 0.123 e. The molecule has 2 aromatic rings. The lowest BCUT2D eigenvalue weighted by molar-refractivity contribution is 0.415. The second-order valence-electron chi connectivity index (χ2n) is 3.59. The zero-order chi connectivity index (χ0) is 12.3. The van der Waals surface area contributed by atoms with E-state index in [1.54, 1.807) is 37.4 Å². The van der Waals surface area contributed by atoms with Crippen molar-refractivity contribution in [2.75, 3.05) is 18.2 Å². The summed E-state index contributed by atoms with van der Waals surface area (Å²) in [4.78, 5) is 0. The molecule has 0 bridgehead atoms. The summed E-state index contributed by atoms with van der Waals surface area (Å²) in [6.45, 7) is 0. The van der Waals surface area contributed by atoms with Crippen LogP contribution in [0.4, 0.5) is 21.5 Å². The summed E-state index contributed by atoms with van der Waals surface area (Å²) in [6, 6.07) is 11.4. The van der Waals surface area contributed by atoms with Crippen LogP contribution in [0.15, 0.2) is 42.5 Å². The Balaban J connectivity index is 2.25. The molecule has 17 heavy (non-hydrogen) atoms. The van der Waals surface area contributed by atoms with Gasteiger partial charge < -0.3 is 15.8 Å². The number of nitrogens with one attached hydrogen (secondary N) is 1. The molecule has 4 heteroatoms. The van der Waals surface area contributed by atoms with Crippen LogP contribution in [0.25, 0.3) is 0 Å². The van der Waals surface area contributed by atoms with Gasteiger partial charge in [0.05, 0.1) is 18.5 Å². The fourth-order valence-electron chi connectivity index (χ4n) is 1.46. The van der Waals surface area contributed by atoms with Crippen molar-refractivity contribution in [3.8, 4) is 5.75 Å². The highest BCUT2D eigenvalue weighted by Gasteiger charge is 2.02. The summed E-state index contributed by atoms with van der Waals surface area (Å²) in [5, 5.41) is 3.10. The van der Waals surface area contributed by atoms with Gasteiger partial charge in [-0.3, -0.25) is 0 Å². The summed E-state index contributed by atoms with van der Waals surface area (Å²) >= 11 is 0. The highest BCUT2D eigenvalue weighted by Crippen LogP contribution is 2.27. The summed E-state index contributed by atoms with van der Waals surface area (Å²) in [7, 11) is 1.59. The van der Waals surface area contributed by atoms with Crippen LogP contribution in [0.2, 0.25) is 0 Å². The molecule has 0 fully saturated rings. The first-order chi connectivity index (χ1) is 8.19. The first kappa shape index (κ1) is 11.3. The zero-order valence-electron chi connectivity index (χ0n) is 9.41. The Morgan fingerprint density at radius 1 is 1.12 bits per heavy atom. The maximum absolute atomic E-state index is 12.8. The largest absolute Gasteiger partial charge is 0.497 e. The lowest BCUT2D eigenvalue weighted by Crippen LogP contribution is -1.97. The molecule has 2 rings (SSSR count). The van der Waals surface area contributed by atoms with E-state index in [0.717, 1.165) is 11.4 Å². The minimum absolute atomic E-state index is 0.269. The van der Waals surface area contributed by atoms with Crippen LogP contribution >= 0.6 is 0 Å². The van der Waals surface area contributed by atoms with Crippen molar-refractivity contribution in [3.05, 3.63) is 48.3 Å². The van der Waals surface area contributed by atoms with Crippen LogP contribution in [0.1, 0.15) is 0 Å². The van der Waals surface area contributed by atoms with E-state index in [0.29, 0.717) is 11.4 Å². The minimum Gasteiger partial charge on any atom is -0.497 e. The first-order valence-electron chi connectivity index (χ1n) is 5.15. The van der Waals surface area contributed by atoms with Gasteiger partial charge in [-0.1, -0.05) is 0 Å². The quantitative estimate of drug-likeness (QED) is 0.799. The molecule has 0 spiro atoms. The fourth-order valence-corrected chi connectivity index (χ4v) is 1.46. The van der Waals surface area contributed by atoms with E-state index in [-0.39, 0.29) is 5.82 Å². The molecule has 3 N–H and O–H groups in total. The van der Waals surface area contributed by atoms with E-state index >= 15 is 0 Å². The molecule has 0 aliphatic carbocycles. The molecular weight excluding hydrogens is 219 g/mol. The number of halogens is 1. The molecule has 0 saturated carbocycles. The molecule has 0 aromatic heterocycles. The number of ether oxygens (including phenoxy) is 1. The topological polar surface area (TPSA) is 47.3 Å². The van der Waals surface area contributed by atoms with Gasteiger partial charge >= 0.3 is 0 Å². The number of hydrogen-bond acceptors (Lipinski definition) is 3. The van der Waals surface area contributed by atoms with Gasteiger partial charge in [-0.15, -0.1) is 0 Å². The third-order valence-corrected chi connectivity index (χ3v) is 2.38. The summed E-state index contributed by atoms with van der Waals surface area (Å²) < 4.78 is 17.9. The fraction of sp³-hybridized carbons (Fsp3) is 0.0769. The summed E-state index contributed by atoms with van der Waals surface area (Å²) in [5.74, 6) is 0.443. The van der Waals surface area contributed by atoms with Crippen LogP contribution in [0, 0.1) is 5.82 Å². The van der Waals surface area contributed by atoms with Crippen molar-refractivity contribution < 1.29 is 9.13 Å². The van der Waals surface area contributed by atoms with E-state index in [1.807, 2.05) is 0 Å². The monoisotopic (exact) mass is 232 g/mol. The van der Waals surface area contributed by atoms with Gasteiger partial charge in [0.25, 0.3) is 0 Å². The van der Waals surface area contributed by atoms with Gasteiger partial charge in [0.1, 0.15) is 11.6 Å². The van der Waals surface area contributed by atoms with Crippen molar-refractivity contribution in [2.24, 2.45) is 0 Å². The van der Waals surface area contributed by atoms with E-state index < -0.39 is 0 Å². The third kappa shape index (κ3) is 2.66. The van der Waals surface area contributed by atoms with Crippen LogP contribution in [0.3, 0.4) is 0 Å². The summed E-state index contributed by atoms with van der Waals surface area (Å²) in [6.07, 6.45) is 0. The Morgan fingerprint density at radius 3 is 2.47 bits per heavy atom. The number of nitrogens with two attached hydrogens (primary N) is 1. The molecule has 0 amide bonds. The number of nitrogen functional groups attached to an aromatic ring is 1. The van der Waals surface area contributed by atoms with Gasteiger partial charge in [-0.05, 0) is 36.4 Å². The number of hydrogen-bond donors (Lipinski definition) is 2. The van der Waals surface area contributed by atoms with Crippen LogP contribution < -0.4 is 15.8 Å². The second-order valence-corrected chi connectivity index (χ2v) is 3.59. The highest BCUT2D eigenvalue weighted by molar-refractivity contribution is 5.73. The molecule has 88 valence electrons. The summed E-state index contributed by atoms with van der Waals surface area (Å²) in [5.41, 5.74) is 7.94. The van der Waals surface area contributed by atoms with Crippen LogP contribution in [-0.4, -0.2) is 7.11 Å². The molecule has 0 unspecified atom stereocenters. The Labute approximate surface area is 99.0 Å². The maximum Gasteiger partial charge on any atom is 0.123 e. The lowest BCUT2D eigenvalue weighted by atomic mass is 10.2. The van der Waals surface area contributed by atoms with Crippen molar-refractivity contribution in [1.29, 1.82) is 0 Å². The van der Waals surface area contributed by atoms with Crippen molar-refractivity contribution in [3.63, 3.8) is 0 Å². The Morgan fingerprint density at radius 2 is 1.82 bits per heavy atom. The standard InChI is InChI=1S/C13H13FN2O/c1-17-11-6-7-12(15)13(8-11)16-10-4-2-9(14)3-5-10/h2-8,16H,15H2,1H3. The van der Waals surface area contributed by atoms with Crippen molar-refractivity contribution >= 4 is 17.1 Å². The van der Waals surface area contributed by atoms with Crippen molar-refractivity contribution in [1.82, 2.24) is 0 Å². The average molecular weight is 232 g/mol. The predicted molar refractivity (Wildman–Crippen MR) is 67.1 cm³/mol. The normalized spacial score (nSPS) is 10.0. The van der Waals surface area contributed by atoms with Gasteiger partial charge in [0, 0.05) is 11.8 Å². The Hall–Kier alpha value is -2.23. The van der Waals surface area contributed by atoms with Crippen LogP contribution in [0.5, 0.6) is 5.75 Å². The van der Waals surface area contributed by atoms with Gasteiger partial charge in [0.2, 0.25) is 0 Å². The third-order valence-electron chi connectivity index (χ3n) is 2.38. The number of methoxy groups -OCH3 is 1. The van der Waals surface area contributed by atoms with Gasteiger partial charge in [-0.25, -0.2) is 4.39 Å². The first-order valence-corrected chi connectivity index (χ1v) is 5.15. The molecule has 0 aliphatic rings. The van der Waals surface area contributed by atoms with E-state index in [4.69, 9.17) is 10.5 Å². The number of benzene rings is 2. The molecular formula is C13H13FN2O. The molecule has 3 nitrogen and oxygen atoms in total. The average Bonchev–Trinajstić information content (AvgIpc) is 2.35. The Kier molecular flexibility index (Phi) is 3.14. The maximum atomic E-state index is 12.8. The lowest BCUT2D eigenvalue weighted by Gasteiger charge is -2.10. The highest BCUT2D eigenvalue weighted by atomic mass is 19.1. The van der Waals surface area contributed by atoms with E-state index in [2.05, 4.69) is 5.32 Å². The predicted octanol–water partition coefficient (Wildman–Crippen LogP) is 3.16. The molecule has 0 aliphatic heterocycles. The molecule has 2 aromatic carbocycles. The van der Waals surface area contributed by atoms with E-state index in [1.165, 1.54) is 12.1 Å². The second kappa shape index (κ2) is 4.74. The zero-order valence-corrected chi connectivity index (χ0v) is 9.41. The van der Waals surface area contributed by atoms with Gasteiger partial charge in [0.15, 0.2) is 0 Å². The molecule has 0 radical (unpaired) electrons. The van der Waals surface area contributed by atoms with E-state index in [9.17, 15) is 4.39 Å². The van der Waals surface area contributed by atoms with Gasteiger partial charge in [-0.2, -0.15) is 0 Å². The molecule has 0 heterocycles. The SMILES string of the molecule is COc1ccc(N)c(Nc2ccc(F)cc2)c1. The number of anilines is 3. The molecule has 0 saturated heterocycles. The number of rotatable bonds is 3. The minimum atomic E-state index is -0.269.